The van der Waals surface area contributed by atoms with Gasteiger partial charge in [-0.1, -0.05) is 29.8 Å². The molecule has 1 unspecified atom stereocenters. The van der Waals surface area contributed by atoms with E-state index >= 15 is 0 Å². The van der Waals surface area contributed by atoms with Crippen LogP contribution in [0.3, 0.4) is 0 Å². The van der Waals surface area contributed by atoms with Crippen LogP contribution in [-0.2, 0) is 4.74 Å². The van der Waals surface area contributed by atoms with E-state index < -0.39 is 6.10 Å². The molecule has 1 aliphatic carbocycles. The first kappa shape index (κ1) is 15.8. The molecule has 5 nitrogen and oxygen atoms in total. The molecule has 0 heterocycles. The fourth-order valence-electron chi connectivity index (χ4n) is 2.42. The first-order valence-corrected chi connectivity index (χ1v) is 7.36. The second-order valence-corrected chi connectivity index (χ2v) is 5.73. The van der Waals surface area contributed by atoms with Crippen molar-refractivity contribution in [1.29, 1.82) is 0 Å². The number of hydrogen-bond acceptors (Lipinski definition) is 3. The molecule has 0 radical (unpaired) electrons. The number of amides is 2. The van der Waals surface area contributed by atoms with Gasteiger partial charge < -0.3 is 20.5 Å². The van der Waals surface area contributed by atoms with Crippen molar-refractivity contribution in [3.05, 3.63) is 35.4 Å². The van der Waals surface area contributed by atoms with Gasteiger partial charge in [-0.25, -0.2) is 4.79 Å². The molecule has 1 aromatic carbocycles. The quantitative estimate of drug-likeness (QED) is 0.750. The van der Waals surface area contributed by atoms with Gasteiger partial charge in [0.1, 0.15) is 0 Å². The fraction of sp³-hybridized carbons (Fsp3) is 0.562. The van der Waals surface area contributed by atoms with Crippen LogP contribution >= 0.6 is 0 Å². The lowest BCUT2D eigenvalue weighted by molar-refractivity contribution is -0.0674. The Morgan fingerprint density at radius 3 is 2.52 bits per heavy atom. The summed E-state index contributed by atoms with van der Waals surface area (Å²) >= 11 is 0. The molecule has 5 heteroatoms. The third-order valence-corrected chi connectivity index (χ3v) is 4.19. The molecule has 0 spiro atoms. The second kappa shape index (κ2) is 6.91. The van der Waals surface area contributed by atoms with Crippen LogP contribution in [-0.4, -0.2) is 36.9 Å². The Bertz CT molecular complexity index is 463. The van der Waals surface area contributed by atoms with Crippen molar-refractivity contribution in [2.24, 2.45) is 0 Å². The molecule has 0 aliphatic heterocycles. The number of aliphatic hydroxyl groups excluding tert-OH is 1. The van der Waals surface area contributed by atoms with Gasteiger partial charge in [-0.3, -0.25) is 0 Å². The Hall–Kier alpha value is -1.59. The topological polar surface area (TPSA) is 70.6 Å². The van der Waals surface area contributed by atoms with Gasteiger partial charge in [0.15, 0.2) is 0 Å². The van der Waals surface area contributed by atoms with E-state index in [0.717, 1.165) is 30.4 Å². The first-order chi connectivity index (χ1) is 10.0. The number of carbonyl (C=O) groups is 1. The van der Waals surface area contributed by atoms with Gasteiger partial charge in [0.25, 0.3) is 0 Å². The zero-order valence-electron chi connectivity index (χ0n) is 12.7. The number of benzene rings is 1. The summed E-state index contributed by atoms with van der Waals surface area (Å²) in [6.07, 6.45) is 2.41. The van der Waals surface area contributed by atoms with Gasteiger partial charge >= 0.3 is 6.03 Å². The van der Waals surface area contributed by atoms with E-state index in [1.807, 2.05) is 31.2 Å². The number of hydrogen-bond donors (Lipinski definition) is 3. The van der Waals surface area contributed by atoms with Crippen molar-refractivity contribution in [3.8, 4) is 0 Å². The lowest BCUT2D eigenvalue weighted by Gasteiger charge is -2.40. The highest BCUT2D eigenvalue weighted by atomic mass is 16.5. The van der Waals surface area contributed by atoms with Crippen molar-refractivity contribution in [2.45, 2.75) is 37.9 Å². The number of ether oxygens (including phenoxy) is 1. The molecule has 0 bridgehead atoms. The van der Waals surface area contributed by atoms with Crippen LogP contribution in [0.1, 0.15) is 36.5 Å². The van der Waals surface area contributed by atoms with Gasteiger partial charge in [-0.2, -0.15) is 0 Å². The average Bonchev–Trinajstić information content (AvgIpc) is 2.45. The van der Waals surface area contributed by atoms with Gasteiger partial charge in [0, 0.05) is 20.2 Å². The van der Waals surface area contributed by atoms with Crippen molar-refractivity contribution in [1.82, 2.24) is 10.6 Å². The third kappa shape index (κ3) is 4.19. The van der Waals surface area contributed by atoms with Crippen LogP contribution in [0.2, 0.25) is 0 Å². The number of nitrogens with one attached hydrogen (secondary N) is 2. The molecule has 1 fully saturated rings. The molecule has 1 aliphatic rings. The van der Waals surface area contributed by atoms with Crippen LogP contribution in [0.5, 0.6) is 0 Å². The van der Waals surface area contributed by atoms with Crippen molar-refractivity contribution >= 4 is 6.03 Å². The summed E-state index contributed by atoms with van der Waals surface area (Å²) in [6, 6.07) is 7.35. The summed E-state index contributed by atoms with van der Waals surface area (Å²) in [7, 11) is 1.68. The van der Waals surface area contributed by atoms with Crippen LogP contribution in [0.25, 0.3) is 0 Å². The molecule has 1 aromatic rings. The maximum absolute atomic E-state index is 11.7. The number of methoxy groups -OCH3 is 1. The molecule has 3 N–H and O–H groups in total. The zero-order valence-corrected chi connectivity index (χ0v) is 12.7. The molecule has 0 aromatic heterocycles. The minimum Gasteiger partial charge on any atom is -0.387 e. The SMILES string of the molecule is COC1(CNC(=O)NCC(O)c2ccc(C)cc2)CCC1. The molecule has 0 saturated heterocycles. The van der Waals surface area contributed by atoms with E-state index in [-0.39, 0.29) is 18.2 Å². The molecule has 21 heavy (non-hydrogen) atoms. The minimum atomic E-state index is -0.698. The highest BCUT2D eigenvalue weighted by Crippen LogP contribution is 2.34. The largest absolute Gasteiger partial charge is 0.387 e. The lowest BCUT2D eigenvalue weighted by atomic mass is 9.80. The third-order valence-electron chi connectivity index (χ3n) is 4.19. The predicted molar refractivity (Wildman–Crippen MR) is 81.1 cm³/mol. The molecule has 116 valence electrons. The van der Waals surface area contributed by atoms with E-state index in [1.165, 1.54) is 0 Å². The van der Waals surface area contributed by atoms with Crippen LogP contribution in [0.4, 0.5) is 4.79 Å². The summed E-state index contributed by atoms with van der Waals surface area (Å²) in [6.45, 7) is 2.69. The van der Waals surface area contributed by atoms with E-state index in [4.69, 9.17) is 4.74 Å². The second-order valence-electron chi connectivity index (χ2n) is 5.73. The van der Waals surface area contributed by atoms with Crippen molar-refractivity contribution < 1.29 is 14.6 Å². The van der Waals surface area contributed by atoms with Gasteiger partial charge in [0.05, 0.1) is 11.7 Å². The standard InChI is InChI=1S/C16H24N2O3/c1-12-4-6-13(7-5-12)14(19)10-17-15(20)18-11-16(21-2)8-3-9-16/h4-7,14,19H,3,8-11H2,1-2H3,(H2,17,18,20). The molecule has 2 rings (SSSR count). The Morgan fingerprint density at radius 2 is 2.00 bits per heavy atom. The maximum atomic E-state index is 11.7. The van der Waals surface area contributed by atoms with E-state index in [2.05, 4.69) is 10.6 Å². The lowest BCUT2D eigenvalue weighted by Crippen LogP contribution is -2.51. The Morgan fingerprint density at radius 1 is 1.33 bits per heavy atom. The van der Waals surface area contributed by atoms with Crippen molar-refractivity contribution in [3.63, 3.8) is 0 Å². The number of urea groups is 1. The summed E-state index contributed by atoms with van der Waals surface area (Å²) in [4.78, 5) is 11.7. The normalized spacial score (nSPS) is 17.7. The molecule has 2 amide bonds. The number of carbonyl (C=O) groups excluding carboxylic acids is 1. The van der Waals surface area contributed by atoms with Crippen LogP contribution < -0.4 is 10.6 Å². The van der Waals surface area contributed by atoms with E-state index in [9.17, 15) is 9.90 Å². The zero-order chi connectivity index (χ0) is 15.3. The van der Waals surface area contributed by atoms with Crippen LogP contribution in [0.15, 0.2) is 24.3 Å². The van der Waals surface area contributed by atoms with Gasteiger partial charge in [-0.05, 0) is 31.7 Å². The fourth-order valence-corrected chi connectivity index (χ4v) is 2.42. The predicted octanol–water partition coefficient (Wildman–Crippen LogP) is 1.90. The number of aryl methyl sites for hydroxylation is 1. The summed E-state index contributed by atoms with van der Waals surface area (Å²) < 4.78 is 5.44. The number of rotatable bonds is 6. The highest BCUT2D eigenvalue weighted by molar-refractivity contribution is 5.74. The Kier molecular flexibility index (Phi) is 5.20. The summed E-state index contributed by atoms with van der Waals surface area (Å²) in [5, 5.41) is 15.5. The van der Waals surface area contributed by atoms with E-state index in [1.54, 1.807) is 7.11 Å². The molecular weight excluding hydrogens is 268 g/mol. The minimum absolute atomic E-state index is 0.188. The van der Waals surface area contributed by atoms with Gasteiger partial charge in [0.2, 0.25) is 0 Å². The van der Waals surface area contributed by atoms with Crippen molar-refractivity contribution in [2.75, 3.05) is 20.2 Å². The highest BCUT2D eigenvalue weighted by Gasteiger charge is 2.37. The number of aliphatic hydroxyl groups is 1. The Labute approximate surface area is 125 Å². The Balaban J connectivity index is 1.72. The molecule has 1 atom stereocenters. The monoisotopic (exact) mass is 292 g/mol. The average molecular weight is 292 g/mol. The van der Waals surface area contributed by atoms with Gasteiger partial charge in [-0.15, -0.1) is 0 Å². The maximum Gasteiger partial charge on any atom is 0.314 e. The summed E-state index contributed by atoms with van der Waals surface area (Å²) in [5.74, 6) is 0. The van der Waals surface area contributed by atoms with Crippen LogP contribution in [0, 0.1) is 6.92 Å². The summed E-state index contributed by atoms with van der Waals surface area (Å²) in [5.41, 5.74) is 1.75. The van der Waals surface area contributed by atoms with E-state index in [0.29, 0.717) is 6.54 Å². The molecule has 1 saturated carbocycles. The first-order valence-electron chi connectivity index (χ1n) is 7.36. The molecular formula is C16H24N2O3. The smallest absolute Gasteiger partial charge is 0.314 e.